The maximum absolute atomic E-state index is 12.0. The maximum atomic E-state index is 12.0. The Labute approximate surface area is 210 Å². The monoisotopic (exact) mass is 495 g/mol. The van der Waals surface area contributed by atoms with Gasteiger partial charge in [-0.05, 0) is 25.0 Å². The topological polar surface area (TPSA) is 61.4 Å². The van der Waals surface area contributed by atoms with Crippen molar-refractivity contribution in [2.75, 3.05) is 36.8 Å². The lowest BCUT2D eigenvalue weighted by atomic mass is 9.96. The molecule has 0 radical (unpaired) electrons. The number of carbonyl (C=O) groups excluding carboxylic acids is 1. The molecule has 3 aromatic rings. The highest BCUT2D eigenvalue weighted by Gasteiger charge is 2.27. The lowest BCUT2D eigenvalue weighted by Gasteiger charge is -2.40. The highest BCUT2D eigenvalue weighted by atomic mass is 35.5. The summed E-state index contributed by atoms with van der Waals surface area (Å²) in [5, 5.41) is 3.80. The first-order valence-electron chi connectivity index (χ1n) is 11.6. The Kier molecular flexibility index (Phi) is 8.43. The molecule has 0 aliphatic carbocycles. The van der Waals surface area contributed by atoms with Gasteiger partial charge in [0.25, 0.3) is 0 Å². The van der Waals surface area contributed by atoms with Gasteiger partial charge < -0.3 is 10.2 Å². The van der Waals surface area contributed by atoms with E-state index in [0.717, 1.165) is 32.0 Å². The summed E-state index contributed by atoms with van der Waals surface area (Å²) in [5.74, 6) is 1.04. The molecule has 0 spiro atoms. The first-order valence-corrected chi connectivity index (χ1v) is 12.9. The van der Waals surface area contributed by atoms with Crippen LogP contribution in [0.2, 0.25) is 5.15 Å². The van der Waals surface area contributed by atoms with Crippen molar-refractivity contribution in [2.24, 2.45) is 0 Å². The van der Waals surface area contributed by atoms with E-state index in [2.05, 4.69) is 85.7 Å². The third-order valence-corrected chi connectivity index (χ3v) is 6.72. The summed E-state index contributed by atoms with van der Waals surface area (Å²) in [6.45, 7) is 7.35. The summed E-state index contributed by atoms with van der Waals surface area (Å²) in [4.78, 5) is 25.8. The van der Waals surface area contributed by atoms with Gasteiger partial charge in [-0.15, -0.1) is 0 Å². The average Bonchev–Trinajstić information content (AvgIpc) is 2.84. The maximum Gasteiger partial charge on any atom is 0.230 e. The molecule has 1 N–H and O–H groups in total. The molecule has 0 saturated carbocycles. The van der Waals surface area contributed by atoms with Gasteiger partial charge in [0.1, 0.15) is 11.0 Å². The molecule has 1 amide bonds. The molecule has 0 atom stereocenters. The number of halogens is 1. The SMILES string of the molecule is CC(C)NC(=O)CSc1nc(Cl)cc(N2CCN(C(c3ccccc3)c3ccccc3)CC2)n1. The van der Waals surface area contributed by atoms with Gasteiger partial charge in [0.15, 0.2) is 5.16 Å². The van der Waals surface area contributed by atoms with Gasteiger partial charge in [-0.1, -0.05) is 84.0 Å². The quantitative estimate of drug-likeness (QED) is 0.278. The van der Waals surface area contributed by atoms with Crippen LogP contribution in [-0.4, -0.2) is 58.7 Å². The van der Waals surface area contributed by atoms with Crippen molar-refractivity contribution >= 4 is 35.1 Å². The minimum Gasteiger partial charge on any atom is -0.354 e. The standard InChI is InChI=1S/C26H30ClN5OS/c1-19(2)28-24(33)18-34-26-29-22(27)17-23(30-26)31-13-15-32(16-14-31)25(20-9-5-3-6-10-20)21-11-7-4-8-12-21/h3-12,17,19,25H,13-16,18H2,1-2H3,(H,28,33). The van der Waals surface area contributed by atoms with Gasteiger partial charge in [0.2, 0.25) is 5.91 Å². The van der Waals surface area contributed by atoms with E-state index < -0.39 is 0 Å². The molecule has 1 fully saturated rings. The van der Waals surface area contributed by atoms with Gasteiger partial charge in [0.05, 0.1) is 11.8 Å². The number of benzene rings is 2. The largest absolute Gasteiger partial charge is 0.354 e. The van der Waals surface area contributed by atoms with Crippen LogP contribution in [0, 0.1) is 0 Å². The first-order chi connectivity index (χ1) is 16.5. The number of anilines is 1. The van der Waals surface area contributed by atoms with E-state index in [4.69, 9.17) is 11.6 Å². The molecule has 178 valence electrons. The average molecular weight is 496 g/mol. The normalized spacial score (nSPS) is 14.6. The Morgan fingerprint density at radius 3 is 2.12 bits per heavy atom. The summed E-state index contributed by atoms with van der Waals surface area (Å²) in [6, 6.07) is 23.5. The van der Waals surface area contributed by atoms with Crippen molar-refractivity contribution in [2.45, 2.75) is 31.1 Å². The summed E-state index contributed by atoms with van der Waals surface area (Å²) < 4.78 is 0. The minimum absolute atomic E-state index is 0.0356. The van der Waals surface area contributed by atoms with E-state index in [1.54, 1.807) is 6.07 Å². The molecule has 1 aromatic heterocycles. The predicted molar refractivity (Wildman–Crippen MR) is 140 cm³/mol. The lowest BCUT2D eigenvalue weighted by molar-refractivity contribution is -0.119. The fraction of sp³-hybridized carbons (Fsp3) is 0.346. The third kappa shape index (κ3) is 6.50. The Bertz CT molecular complexity index is 1040. The van der Waals surface area contributed by atoms with Gasteiger partial charge in [-0.25, -0.2) is 9.97 Å². The Balaban J connectivity index is 1.44. The lowest BCUT2D eigenvalue weighted by Crippen LogP contribution is -2.48. The fourth-order valence-corrected chi connectivity index (χ4v) is 5.09. The first kappa shape index (κ1) is 24.5. The van der Waals surface area contributed by atoms with Crippen molar-refractivity contribution < 1.29 is 4.79 Å². The van der Waals surface area contributed by atoms with Crippen LogP contribution in [0.25, 0.3) is 0 Å². The number of piperazine rings is 1. The molecular formula is C26H30ClN5OS. The van der Waals surface area contributed by atoms with Crippen LogP contribution in [0.4, 0.5) is 5.82 Å². The van der Waals surface area contributed by atoms with E-state index in [-0.39, 0.29) is 23.7 Å². The van der Waals surface area contributed by atoms with E-state index in [9.17, 15) is 4.79 Å². The van der Waals surface area contributed by atoms with Crippen LogP contribution in [0.15, 0.2) is 71.9 Å². The molecular weight excluding hydrogens is 466 g/mol. The summed E-state index contributed by atoms with van der Waals surface area (Å²) in [6.07, 6.45) is 0. The van der Waals surface area contributed by atoms with Crippen molar-refractivity contribution in [3.8, 4) is 0 Å². The third-order valence-electron chi connectivity index (χ3n) is 5.68. The zero-order chi connectivity index (χ0) is 23.9. The van der Waals surface area contributed by atoms with Crippen molar-refractivity contribution in [3.63, 3.8) is 0 Å². The molecule has 2 heterocycles. The molecule has 4 rings (SSSR count). The number of aromatic nitrogens is 2. The second-order valence-corrected chi connectivity index (χ2v) is 9.92. The van der Waals surface area contributed by atoms with Crippen molar-refractivity contribution in [1.29, 1.82) is 0 Å². The highest BCUT2D eigenvalue weighted by Crippen LogP contribution is 2.30. The van der Waals surface area contributed by atoms with Crippen LogP contribution in [0.3, 0.4) is 0 Å². The Morgan fingerprint density at radius 2 is 1.56 bits per heavy atom. The van der Waals surface area contributed by atoms with E-state index in [1.165, 1.54) is 22.9 Å². The number of nitrogens with one attached hydrogen (secondary N) is 1. The number of hydrogen-bond acceptors (Lipinski definition) is 6. The molecule has 0 bridgehead atoms. The van der Waals surface area contributed by atoms with Crippen LogP contribution >= 0.6 is 23.4 Å². The molecule has 6 nitrogen and oxygen atoms in total. The predicted octanol–water partition coefficient (Wildman–Crippen LogP) is 4.66. The summed E-state index contributed by atoms with van der Waals surface area (Å²) >= 11 is 7.61. The second-order valence-electron chi connectivity index (χ2n) is 8.59. The number of thioether (sulfide) groups is 1. The number of amides is 1. The number of hydrogen-bond donors (Lipinski definition) is 1. The number of rotatable bonds is 8. The van der Waals surface area contributed by atoms with Crippen molar-refractivity contribution in [3.05, 3.63) is 83.0 Å². The Hall–Kier alpha value is -2.61. The molecule has 1 aliphatic heterocycles. The van der Waals surface area contributed by atoms with Crippen LogP contribution in [-0.2, 0) is 4.79 Å². The molecule has 1 saturated heterocycles. The Morgan fingerprint density at radius 1 is 0.971 bits per heavy atom. The molecule has 2 aromatic carbocycles. The smallest absolute Gasteiger partial charge is 0.230 e. The van der Waals surface area contributed by atoms with E-state index in [1.807, 2.05) is 13.8 Å². The molecule has 34 heavy (non-hydrogen) atoms. The van der Waals surface area contributed by atoms with Crippen molar-refractivity contribution in [1.82, 2.24) is 20.2 Å². The minimum atomic E-state index is -0.0356. The van der Waals surface area contributed by atoms with Gasteiger partial charge >= 0.3 is 0 Å². The van der Waals surface area contributed by atoms with Gasteiger partial charge in [-0.2, -0.15) is 0 Å². The fourth-order valence-electron chi connectivity index (χ4n) is 4.20. The zero-order valence-corrected chi connectivity index (χ0v) is 21.1. The van der Waals surface area contributed by atoms with E-state index in [0.29, 0.717) is 10.3 Å². The number of carbonyl (C=O) groups is 1. The molecule has 8 heteroatoms. The number of nitrogens with zero attached hydrogens (tertiary/aromatic N) is 4. The highest BCUT2D eigenvalue weighted by molar-refractivity contribution is 7.99. The zero-order valence-electron chi connectivity index (χ0n) is 19.5. The summed E-state index contributed by atoms with van der Waals surface area (Å²) in [7, 11) is 0. The van der Waals surface area contributed by atoms with Crippen LogP contribution in [0.5, 0.6) is 0 Å². The second kappa shape index (κ2) is 11.7. The van der Waals surface area contributed by atoms with E-state index >= 15 is 0 Å². The van der Waals surface area contributed by atoms with Crippen LogP contribution < -0.4 is 10.2 Å². The van der Waals surface area contributed by atoms with Crippen LogP contribution in [0.1, 0.15) is 31.0 Å². The molecule has 1 aliphatic rings. The van der Waals surface area contributed by atoms with Gasteiger partial charge in [0, 0.05) is 38.3 Å². The molecule has 0 unspecified atom stereocenters. The summed E-state index contributed by atoms with van der Waals surface area (Å²) in [5.41, 5.74) is 2.59. The van der Waals surface area contributed by atoms with Gasteiger partial charge in [-0.3, -0.25) is 9.69 Å².